The van der Waals surface area contributed by atoms with E-state index in [2.05, 4.69) is 4.98 Å². The van der Waals surface area contributed by atoms with Gasteiger partial charge < -0.3 is 5.11 Å². The third-order valence-electron chi connectivity index (χ3n) is 3.63. The van der Waals surface area contributed by atoms with Crippen LogP contribution in [-0.2, 0) is 16.6 Å². The summed E-state index contributed by atoms with van der Waals surface area (Å²) >= 11 is 0. The molecule has 0 spiro atoms. The van der Waals surface area contributed by atoms with Gasteiger partial charge in [0.1, 0.15) is 0 Å². The summed E-state index contributed by atoms with van der Waals surface area (Å²) in [6.07, 6.45) is 3.28. The molecule has 0 amide bonds. The molecular weight excluding hydrogens is 312 g/mol. The monoisotopic (exact) mass is 334 g/mol. The number of aliphatic hydroxyl groups excluding tert-OH is 1. The van der Waals surface area contributed by atoms with Crippen molar-refractivity contribution in [2.24, 2.45) is 0 Å². The Balaban J connectivity index is 2.45. The first-order valence-electron chi connectivity index (χ1n) is 7.44. The first-order valence-corrected chi connectivity index (χ1v) is 8.88. The molecule has 2 rings (SSSR count). The summed E-state index contributed by atoms with van der Waals surface area (Å²) in [5.74, 6) is 0. The molecule has 0 fully saturated rings. The van der Waals surface area contributed by atoms with Crippen LogP contribution in [0.5, 0.6) is 0 Å². The number of benzene rings is 1. The van der Waals surface area contributed by atoms with E-state index in [9.17, 15) is 13.5 Å². The zero-order chi connectivity index (χ0) is 17.0. The number of hydrogen-bond donors (Lipinski definition) is 1. The van der Waals surface area contributed by atoms with Gasteiger partial charge in [-0.15, -0.1) is 0 Å². The minimum Gasteiger partial charge on any atom is -0.395 e. The maximum absolute atomic E-state index is 13.1. The van der Waals surface area contributed by atoms with E-state index in [0.29, 0.717) is 4.90 Å². The maximum Gasteiger partial charge on any atom is 0.243 e. The number of pyridine rings is 1. The third-order valence-corrected chi connectivity index (χ3v) is 5.79. The average Bonchev–Trinajstić information content (AvgIpc) is 2.46. The van der Waals surface area contributed by atoms with Gasteiger partial charge in [-0.3, -0.25) is 4.98 Å². The molecule has 0 radical (unpaired) electrons. The zero-order valence-corrected chi connectivity index (χ0v) is 14.5. The van der Waals surface area contributed by atoms with Gasteiger partial charge in [-0.1, -0.05) is 23.8 Å². The van der Waals surface area contributed by atoms with E-state index in [1.54, 1.807) is 32.3 Å². The molecule has 0 aliphatic rings. The van der Waals surface area contributed by atoms with Crippen molar-refractivity contribution in [1.82, 2.24) is 9.29 Å². The molecule has 1 aromatic carbocycles. The van der Waals surface area contributed by atoms with Crippen LogP contribution in [0.1, 0.15) is 22.3 Å². The number of aryl methyl sites for hydroxylation is 3. The molecule has 124 valence electrons. The average molecular weight is 334 g/mol. The number of aromatic nitrogens is 1. The second-order valence-electron chi connectivity index (χ2n) is 5.65. The normalized spacial score (nSPS) is 11.9. The first kappa shape index (κ1) is 17.6. The number of aliphatic hydroxyl groups is 1. The Labute approximate surface area is 137 Å². The molecule has 0 unspecified atom stereocenters. The lowest BCUT2D eigenvalue weighted by molar-refractivity contribution is 0.251. The van der Waals surface area contributed by atoms with Gasteiger partial charge in [-0.05, 0) is 43.5 Å². The summed E-state index contributed by atoms with van der Waals surface area (Å²) in [4.78, 5) is 4.34. The standard InChI is InChI=1S/C17H22N2O3S/c1-13-9-14(2)17(15(3)10-13)23(21,22)19(7-8-20)12-16-5-4-6-18-11-16/h4-6,9-11,20H,7-8,12H2,1-3H3. The highest BCUT2D eigenvalue weighted by Crippen LogP contribution is 2.26. The topological polar surface area (TPSA) is 70.5 Å². The molecular formula is C17H22N2O3S. The molecule has 0 saturated carbocycles. The predicted octanol–water partition coefficient (Wildman–Crippen LogP) is 2.19. The van der Waals surface area contributed by atoms with Gasteiger partial charge in [0, 0.05) is 25.5 Å². The Morgan fingerprint density at radius 3 is 2.35 bits per heavy atom. The van der Waals surface area contributed by atoms with Crippen LogP contribution in [-0.4, -0.2) is 36.0 Å². The molecule has 0 aliphatic carbocycles. The van der Waals surface area contributed by atoms with Crippen LogP contribution in [0.3, 0.4) is 0 Å². The molecule has 2 aromatic rings. The Morgan fingerprint density at radius 1 is 1.17 bits per heavy atom. The number of rotatable bonds is 6. The van der Waals surface area contributed by atoms with Gasteiger partial charge in [-0.25, -0.2) is 8.42 Å². The Hall–Kier alpha value is -1.76. The van der Waals surface area contributed by atoms with Crippen molar-refractivity contribution in [2.75, 3.05) is 13.2 Å². The van der Waals surface area contributed by atoms with E-state index in [1.165, 1.54) is 4.31 Å². The molecule has 1 heterocycles. The first-order chi connectivity index (χ1) is 10.9. The quantitative estimate of drug-likeness (QED) is 0.879. The van der Waals surface area contributed by atoms with Crippen molar-refractivity contribution in [3.8, 4) is 0 Å². The van der Waals surface area contributed by atoms with E-state index in [1.807, 2.05) is 25.1 Å². The van der Waals surface area contributed by atoms with Crippen LogP contribution in [0.2, 0.25) is 0 Å². The fourth-order valence-corrected chi connectivity index (χ4v) is 4.62. The van der Waals surface area contributed by atoms with Crippen molar-refractivity contribution in [2.45, 2.75) is 32.2 Å². The van der Waals surface area contributed by atoms with Crippen molar-refractivity contribution >= 4 is 10.0 Å². The smallest absolute Gasteiger partial charge is 0.243 e. The van der Waals surface area contributed by atoms with Crippen LogP contribution >= 0.6 is 0 Å². The molecule has 1 aromatic heterocycles. The third kappa shape index (κ3) is 3.96. The van der Waals surface area contributed by atoms with Crippen LogP contribution < -0.4 is 0 Å². The van der Waals surface area contributed by atoms with E-state index in [4.69, 9.17) is 0 Å². The maximum atomic E-state index is 13.1. The van der Waals surface area contributed by atoms with Crippen molar-refractivity contribution in [1.29, 1.82) is 0 Å². The van der Waals surface area contributed by atoms with E-state index < -0.39 is 10.0 Å². The predicted molar refractivity (Wildman–Crippen MR) is 89.6 cm³/mol. The Kier molecular flexibility index (Phi) is 5.51. The van der Waals surface area contributed by atoms with Crippen molar-refractivity contribution in [3.05, 3.63) is 58.9 Å². The van der Waals surface area contributed by atoms with Crippen LogP contribution in [0, 0.1) is 20.8 Å². The summed E-state index contributed by atoms with van der Waals surface area (Å²) in [7, 11) is -3.69. The summed E-state index contributed by atoms with van der Waals surface area (Å²) in [5.41, 5.74) is 3.25. The van der Waals surface area contributed by atoms with E-state index in [0.717, 1.165) is 22.3 Å². The fourth-order valence-electron chi connectivity index (χ4n) is 2.79. The minimum absolute atomic E-state index is 0.0456. The largest absolute Gasteiger partial charge is 0.395 e. The second kappa shape index (κ2) is 7.21. The van der Waals surface area contributed by atoms with Crippen molar-refractivity contribution in [3.63, 3.8) is 0 Å². The summed E-state index contributed by atoms with van der Waals surface area (Å²) < 4.78 is 27.4. The zero-order valence-electron chi connectivity index (χ0n) is 13.7. The highest BCUT2D eigenvalue weighted by atomic mass is 32.2. The minimum atomic E-state index is -3.69. The van der Waals surface area contributed by atoms with Crippen molar-refractivity contribution < 1.29 is 13.5 Å². The highest BCUT2D eigenvalue weighted by Gasteiger charge is 2.27. The van der Waals surface area contributed by atoms with Gasteiger partial charge in [0.25, 0.3) is 0 Å². The molecule has 6 heteroatoms. The van der Waals surface area contributed by atoms with Crippen LogP contribution in [0.25, 0.3) is 0 Å². The lowest BCUT2D eigenvalue weighted by Crippen LogP contribution is -2.34. The van der Waals surface area contributed by atoms with E-state index in [-0.39, 0.29) is 19.7 Å². The van der Waals surface area contributed by atoms with Gasteiger partial charge in [0.15, 0.2) is 0 Å². The summed E-state index contributed by atoms with van der Waals surface area (Å²) in [6.45, 7) is 5.54. The molecule has 1 N–H and O–H groups in total. The van der Waals surface area contributed by atoms with Gasteiger partial charge >= 0.3 is 0 Å². The second-order valence-corrected chi connectivity index (χ2v) is 7.53. The number of sulfonamides is 1. The SMILES string of the molecule is Cc1cc(C)c(S(=O)(=O)N(CCO)Cc2cccnc2)c(C)c1. The van der Waals surface area contributed by atoms with Crippen LogP contribution in [0.15, 0.2) is 41.6 Å². The van der Waals surface area contributed by atoms with E-state index >= 15 is 0 Å². The fraction of sp³-hybridized carbons (Fsp3) is 0.353. The Bertz CT molecular complexity index is 751. The lowest BCUT2D eigenvalue weighted by Gasteiger charge is -2.23. The molecule has 5 nitrogen and oxygen atoms in total. The summed E-state index contributed by atoms with van der Waals surface area (Å²) in [6, 6.07) is 7.31. The molecule has 0 aliphatic heterocycles. The highest BCUT2D eigenvalue weighted by molar-refractivity contribution is 7.89. The summed E-state index contributed by atoms with van der Waals surface area (Å²) in [5, 5.41) is 9.29. The Morgan fingerprint density at radius 2 is 1.83 bits per heavy atom. The van der Waals surface area contributed by atoms with Gasteiger partial charge in [0.2, 0.25) is 10.0 Å². The molecule has 0 atom stereocenters. The molecule has 0 saturated heterocycles. The number of nitrogens with zero attached hydrogens (tertiary/aromatic N) is 2. The van der Waals surface area contributed by atoms with Crippen LogP contribution in [0.4, 0.5) is 0 Å². The molecule has 0 bridgehead atoms. The molecule has 23 heavy (non-hydrogen) atoms. The van der Waals surface area contributed by atoms with Gasteiger partial charge in [-0.2, -0.15) is 4.31 Å². The lowest BCUT2D eigenvalue weighted by atomic mass is 10.1. The van der Waals surface area contributed by atoms with Gasteiger partial charge in [0.05, 0.1) is 11.5 Å². The number of hydrogen-bond acceptors (Lipinski definition) is 4.